The van der Waals surface area contributed by atoms with Gasteiger partial charge in [-0.25, -0.2) is 4.98 Å². The Morgan fingerprint density at radius 2 is 1.15 bits per heavy atom. The van der Waals surface area contributed by atoms with Gasteiger partial charge in [0.1, 0.15) is 12.6 Å². The molecule has 1 heterocycles. The van der Waals surface area contributed by atoms with E-state index >= 15 is 0 Å². The third kappa shape index (κ3) is 36.0. The molecule has 20 heavy (non-hydrogen) atoms. The van der Waals surface area contributed by atoms with E-state index in [1.807, 2.05) is 0 Å². The first-order valence-electron chi connectivity index (χ1n) is 5.22. The minimum absolute atomic E-state index is 0.494. The van der Waals surface area contributed by atoms with Crippen LogP contribution < -0.4 is 4.98 Å². The van der Waals surface area contributed by atoms with Gasteiger partial charge in [-0.15, -0.1) is 0 Å². The van der Waals surface area contributed by atoms with Crippen LogP contribution in [0.3, 0.4) is 0 Å². The first kappa shape index (κ1) is 24.6. The molecule has 0 aliphatic carbocycles. The zero-order valence-electron chi connectivity index (χ0n) is 11.0. The van der Waals surface area contributed by atoms with E-state index in [2.05, 4.69) is 4.98 Å². The molecule has 1 aromatic heterocycles. The molecule has 0 unspecified atom stereocenters. The predicted octanol–water partition coefficient (Wildman–Crippen LogP) is -2.12. The molecule has 0 aliphatic rings. The molecule has 1 rings (SSSR count). The van der Waals surface area contributed by atoms with Gasteiger partial charge in [0.25, 0.3) is 0 Å². The Morgan fingerprint density at radius 3 is 1.30 bits per heavy atom. The summed E-state index contributed by atoms with van der Waals surface area (Å²) in [5, 5.41) is 47.6. The molecule has 0 bridgehead atoms. The van der Waals surface area contributed by atoms with E-state index in [0.717, 1.165) is 0 Å². The molecule has 0 amide bonds. The number of pyridine rings is 1. The maximum atomic E-state index is 8.58. The number of aromatic nitrogens is 1. The van der Waals surface area contributed by atoms with Crippen LogP contribution in [0.2, 0.25) is 0 Å². The molecule has 0 aliphatic heterocycles. The van der Waals surface area contributed by atoms with E-state index in [1.54, 1.807) is 24.5 Å². The molecular formula is C10H20NO8U+. The molecule has 116 valence electrons. The Balaban J connectivity index is -0.000000223. The van der Waals surface area contributed by atoms with Gasteiger partial charge in [-0.3, -0.25) is 0 Å². The Bertz CT molecular complexity index is 316. The fraction of sp³-hybridized carbons (Fsp3) is 0.500. The SMILES string of the molecule is CC(O)O.CC(O)O.OC(O)c1cc[nH+]cc1.[O]=[U]=[O]. The quantitative estimate of drug-likeness (QED) is 0.229. The number of aliphatic hydroxyl groups is 6. The van der Waals surface area contributed by atoms with E-state index in [-0.39, 0.29) is 0 Å². The fourth-order valence-electron chi connectivity index (χ4n) is 0.572. The Hall–Kier alpha value is -0.438. The summed E-state index contributed by atoms with van der Waals surface area (Å²) in [5.41, 5.74) is 0.494. The number of aromatic amines is 1. The van der Waals surface area contributed by atoms with Gasteiger partial charge in [0.05, 0.1) is 0 Å². The maximum absolute atomic E-state index is 8.58. The molecule has 0 saturated carbocycles. The van der Waals surface area contributed by atoms with Gasteiger partial charge in [0.2, 0.25) is 0 Å². The average molecular weight is 520 g/mol. The number of nitrogens with one attached hydrogen (secondary N) is 1. The van der Waals surface area contributed by atoms with Crippen LogP contribution in [0.25, 0.3) is 0 Å². The van der Waals surface area contributed by atoms with Crippen molar-refractivity contribution in [3.05, 3.63) is 30.1 Å². The first-order valence-corrected chi connectivity index (χ1v) is 8.62. The van der Waals surface area contributed by atoms with Crippen molar-refractivity contribution in [3.8, 4) is 0 Å². The summed E-state index contributed by atoms with van der Waals surface area (Å²) < 4.78 is 17.2. The van der Waals surface area contributed by atoms with Crippen molar-refractivity contribution in [1.82, 2.24) is 0 Å². The third-order valence-electron chi connectivity index (χ3n) is 1.04. The van der Waals surface area contributed by atoms with Gasteiger partial charge in [-0.05, 0) is 13.8 Å². The van der Waals surface area contributed by atoms with Crippen molar-refractivity contribution in [2.45, 2.75) is 32.7 Å². The molecule has 0 radical (unpaired) electrons. The summed E-state index contributed by atoms with van der Waals surface area (Å²) >= 11 is -2.51. The molecule has 7 N–H and O–H groups in total. The van der Waals surface area contributed by atoms with Gasteiger partial charge >= 0.3 is 32.3 Å². The monoisotopic (exact) mass is 520 g/mol. The van der Waals surface area contributed by atoms with Crippen LogP contribution in [0.4, 0.5) is 0 Å². The second-order valence-electron chi connectivity index (χ2n) is 3.05. The predicted molar refractivity (Wildman–Crippen MR) is 59.3 cm³/mol. The zero-order chi connectivity index (χ0) is 16.6. The van der Waals surface area contributed by atoms with E-state index in [9.17, 15) is 0 Å². The van der Waals surface area contributed by atoms with Crippen LogP contribution >= 0.6 is 0 Å². The summed E-state index contributed by atoms with van der Waals surface area (Å²) in [4.78, 5) is 2.77. The molecule has 0 saturated heterocycles. The number of hydrogen-bond donors (Lipinski definition) is 6. The second kappa shape index (κ2) is 18.6. The van der Waals surface area contributed by atoms with Gasteiger partial charge in [-0.1, -0.05) is 0 Å². The van der Waals surface area contributed by atoms with Crippen molar-refractivity contribution >= 4 is 0 Å². The summed E-state index contributed by atoms with van der Waals surface area (Å²) in [6.45, 7) is 2.56. The summed E-state index contributed by atoms with van der Waals surface area (Å²) in [6.07, 6.45) is -0.427. The Kier molecular flexibility index (Phi) is 22.8. The first-order chi connectivity index (χ1) is 9.18. The normalized spacial score (nSPS) is 8.55. The Labute approximate surface area is 130 Å². The van der Waals surface area contributed by atoms with Gasteiger partial charge in [0.15, 0.2) is 18.7 Å². The van der Waals surface area contributed by atoms with E-state index in [1.165, 1.54) is 13.8 Å². The van der Waals surface area contributed by atoms with Crippen molar-refractivity contribution in [1.29, 1.82) is 0 Å². The van der Waals surface area contributed by atoms with Crippen molar-refractivity contribution in [3.63, 3.8) is 0 Å². The second-order valence-corrected chi connectivity index (χ2v) is 3.75. The standard InChI is InChI=1S/C6H7NO2.2C2H6O2.2O.U/c8-6(9)5-1-3-7-4-2-5;2*1-2(3)4;;;/h1-4,6,8-9H;2*2-4H,1H3;;;/p+1. The van der Waals surface area contributed by atoms with Crippen LogP contribution in [0.5, 0.6) is 0 Å². The topological polar surface area (TPSA) is 170 Å². The van der Waals surface area contributed by atoms with Crippen LogP contribution in [-0.2, 0) is 4.47 Å². The third-order valence-corrected chi connectivity index (χ3v) is 1.04. The van der Waals surface area contributed by atoms with Gasteiger partial charge < -0.3 is 30.6 Å². The average Bonchev–Trinajstić information content (AvgIpc) is 2.29. The van der Waals surface area contributed by atoms with E-state index in [0.29, 0.717) is 5.56 Å². The molecule has 0 fully saturated rings. The fourth-order valence-corrected chi connectivity index (χ4v) is 0.572. The molecule has 10 heteroatoms. The number of rotatable bonds is 1. The summed E-state index contributed by atoms with van der Waals surface area (Å²) in [5.74, 6) is 0. The molecule has 1 aromatic rings. The van der Waals surface area contributed by atoms with Crippen LogP contribution in [0, 0.1) is 27.8 Å². The van der Waals surface area contributed by atoms with Crippen molar-refractivity contribution < 1.29 is 67.9 Å². The summed E-state index contributed by atoms with van der Waals surface area (Å²) in [6, 6.07) is 3.20. The van der Waals surface area contributed by atoms with Crippen LogP contribution in [-0.4, -0.2) is 43.2 Å². The van der Waals surface area contributed by atoms with Gasteiger partial charge in [0, 0.05) is 17.7 Å². The molecule has 9 nitrogen and oxygen atoms in total. The number of aliphatic hydroxyl groups excluding tert-OH is 3. The van der Waals surface area contributed by atoms with Crippen molar-refractivity contribution in [2.75, 3.05) is 0 Å². The van der Waals surface area contributed by atoms with Crippen LogP contribution in [0.1, 0.15) is 25.7 Å². The molecule has 0 atom stereocenters. The summed E-state index contributed by atoms with van der Waals surface area (Å²) in [7, 11) is 0. The van der Waals surface area contributed by atoms with Crippen molar-refractivity contribution in [2.24, 2.45) is 0 Å². The number of H-pyrrole nitrogens is 1. The van der Waals surface area contributed by atoms with Gasteiger partial charge in [-0.2, -0.15) is 0 Å². The number of hydrogen-bond acceptors (Lipinski definition) is 8. The molecule has 0 aromatic carbocycles. The Morgan fingerprint density at radius 1 is 0.900 bits per heavy atom. The van der Waals surface area contributed by atoms with Crippen LogP contribution in [0.15, 0.2) is 24.5 Å². The zero-order valence-corrected chi connectivity index (χ0v) is 15.2. The molecular weight excluding hydrogens is 500 g/mol. The molecule has 0 spiro atoms. The minimum atomic E-state index is -2.51. The van der Waals surface area contributed by atoms with E-state index in [4.69, 9.17) is 35.1 Å². The van der Waals surface area contributed by atoms with E-state index < -0.39 is 46.7 Å².